The summed E-state index contributed by atoms with van der Waals surface area (Å²) in [4.78, 5) is 4.02. The molecule has 13 heavy (non-hydrogen) atoms. The second-order valence-corrected chi connectivity index (χ2v) is 3.05. The highest BCUT2D eigenvalue weighted by Crippen LogP contribution is 2.23. The first kappa shape index (κ1) is 10.5. The molecule has 4 nitrogen and oxygen atoms in total. The highest BCUT2D eigenvalue weighted by atomic mass is 35.5. The van der Waals surface area contributed by atoms with Crippen LogP contribution in [0.2, 0.25) is 10.3 Å². The van der Waals surface area contributed by atoms with Crippen LogP contribution < -0.4 is 0 Å². The van der Waals surface area contributed by atoms with Crippen molar-refractivity contribution in [2.75, 3.05) is 0 Å². The highest BCUT2D eigenvalue weighted by Gasteiger charge is 2.09. The zero-order valence-electron chi connectivity index (χ0n) is 6.53. The first-order valence-electron chi connectivity index (χ1n) is 3.19. The van der Waals surface area contributed by atoms with Gasteiger partial charge in [-0.25, -0.2) is 4.98 Å². The van der Waals surface area contributed by atoms with Crippen LogP contribution >= 0.6 is 35.6 Å². The van der Waals surface area contributed by atoms with Gasteiger partial charge in [-0.15, -0.1) is 22.6 Å². The maximum Gasteiger partial charge on any atom is 0.179 e. The fourth-order valence-electron chi connectivity index (χ4n) is 1.01. The Kier molecular flexibility index (Phi) is 2.95. The van der Waals surface area contributed by atoms with Crippen LogP contribution in [0.15, 0.2) is 6.33 Å². The highest BCUT2D eigenvalue weighted by molar-refractivity contribution is 6.37. The predicted molar refractivity (Wildman–Crippen MR) is 53.6 cm³/mol. The van der Waals surface area contributed by atoms with Gasteiger partial charge in [0.15, 0.2) is 10.3 Å². The number of nitrogens with zero attached hydrogens (tertiary/aromatic N) is 4. The standard InChI is InChI=1S/C6H4Cl2N4.ClH/c1-12-2-9-3-4(12)6(8)11-10-5(3)7;/h2H,1H3;1H. The van der Waals surface area contributed by atoms with Gasteiger partial charge >= 0.3 is 0 Å². The maximum atomic E-state index is 5.78. The largest absolute Gasteiger partial charge is 0.331 e. The van der Waals surface area contributed by atoms with Crippen molar-refractivity contribution in [3.8, 4) is 0 Å². The van der Waals surface area contributed by atoms with Gasteiger partial charge in [0.05, 0.1) is 6.33 Å². The zero-order chi connectivity index (χ0) is 8.72. The van der Waals surface area contributed by atoms with Crippen LogP contribution in [0.5, 0.6) is 0 Å². The molecular formula is C6H5Cl3N4. The molecule has 0 saturated heterocycles. The molecule has 0 aliphatic rings. The lowest BCUT2D eigenvalue weighted by molar-refractivity contribution is 0.938. The average Bonchev–Trinajstić information content (AvgIpc) is 2.42. The van der Waals surface area contributed by atoms with E-state index in [1.807, 2.05) is 7.05 Å². The molecule has 70 valence electrons. The summed E-state index contributed by atoms with van der Waals surface area (Å²) in [6, 6.07) is 0. The summed E-state index contributed by atoms with van der Waals surface area (Å²) < 4.78 is 1.75. The minimum Gasteiger partial charge on any atom is -0.331 e. The van der Waals surface area contributed by atoms with Crippen molar-refractivity contribution in [1.82, 2.24) is 19.7 Å². The molecule has 2 aromatic rings. The van der Waals surface area contributed by atoms with Crippen molar-refractivity contribution >= 4 is 46.6 Å². The van der Waals surface area contributed by atoms with Gasteiger partial charge in [0, 0.05) is 7.05 Å². The fourth-order valence-corrected chi connectivity index (χ4v) is 1.44. The van der Waals surface area contributed by atoms with Gasteiger partial charge in [-0.3, -0.25) is 0 Å². The number of aryl methyl sites for hydroxylation is 1. The van der Waals surface area contributed by atoms with Gasteiger partial charge in [0.25, 0.3) is 0 Å². The van der Waals surface area contributed by atoms with Crippen LogP contribution in [-0.2, 0) is 7.05 Å². The van der Waals surface area contributed by atoms with E-state index in [0.717, 1.165) is 0 Å². The van der Waals surface area contributed by atoms with E-state index in [9.17, 15) is 0 Å². The van der Waals surface area contributed by atoms with Crippen LogP contribution in [0.1, 0.15) is 0 Å². The molecule has 0 saturated carbocycles. The van der Waals surface area contributed by atoms with Gasteiger partial charge in [-0.2, -0.15) is 0 Å². The molecule has 0 unspecified atom stereocenters. The predicted octanol–water partition coefficient (Wildman–Crippen LogP) is 2.09. The first-order chi connectivity index (χ1) is 5.70. The molecule has 0 aromatic carbocycles. The smallest absolute Gasteiger partial charge is 0.179 e. The molecule has 0 spiro atoms. The number of rotatable bonds is 0. The molecule has 0 aliphatic heterocycles. The number of hydrogen-bond donors (Lipinski definition) is 0. The lowest BCUT2D eigenvalue weighted by Crippen LogP contribution is -1.90. The normalized spacial score (nSPS) is 10.1. The topological polar surface area (TPSA) is 43.6 Å². The fraction of sp³-hybridized carbons (Fsp3) is 0.167. The second kappa shape index (κ2) is 3.65. The van der Waals surface area contributed by atoms with E-state index < -0.39 is 0 Å². The summed E-state index contributed by atoms with van der Waals surface area (Å²) in [5, 5.41) is 7.88. The van der Waals surface area contributed by atoms with Crippen molar-refractivity contribution in [3.63, 3.8) is 0 Å². The molecule has 0 fully saturated rings. The summed E-state index contributed by atoms with van der Waals surface area (Å²) in [5.41, 5.74) is 1.29. The summed E-state index contributed by atoms with van der Waals surface area (Å²) in [7, 11) is 1.82. The quantitative estimate of drug-likeness (QED) is 0.707. The van der Waals surface area contributed by atoms with Crippen molar-refractivity contribution in [3.05, 3.63) is 16.6 Å². The molecule has 2 rings (SSSR count). The molecule has 0 atom stereocenters. The van der Waals surface area contributed by atoms with E-state index in [1.54, 1.807) is 10.9 Å². The van der Waals surface area contributed by atoms with Crippen molar-refractivity contribution in [2.45, 2.75) is 0 Å². The van der Waals surface area contributed by atoms with Crippen LogP contribution in [0.3, 0.4) is 0 Å². The molecule has 2 heterocycles. The van der Waals surface area contributed by atoms with Crippen LogP contribution in [0, 0.1) is 0 Å². The number of aromatic nitrogens is 4. The molecule has 2 aromatic heterocycles. The number of fused-ring (bicyclic) bond motifs is 1. The minimum absolute atomic E-state index is 0. The summed E-state index contributed by atoms with van der Waals surface area (Å²) >= 11 is 11.5. The third-order valence-corrected chi connectivity index (χ3v) is 2.06. The Bertz CT molecular complexity index is 439. The molecule has 0 aliphatic carbocycles. The van der Waals surface area contributed by atoms with E-state index in [2.05, 4.69) is 15.2 Å². The molecule has 0 bridgehead atoms. The third-order valence-electron chi connectivity index (χ3n) is 1.55. The zero-order valence-corrected chi connectivity index (χ0v) is 8.86. The van der Waals surface area contributed by atoms with E-state index in [4.69, 9.17) is 23.2 Å². The first-order valence-corrected chi connectivity index (χ1v) is 3.94. The van der Waals surface area contributed by atoms with E-state index in [0.29, 0.717) is 16.2 Å². The Labute approximate surface area is 90.3 Å². The summed E-state index contributed by atoms with van der Waals surface area (Å²) in [6.07, 6.45) is 1.62. The molecule has 0 amide bonds. The summed E-state index contributed by atoms with van der Waals surface area (Å²) in [5.74, 6) is 0. The van der Waals surface area contributed by atoms with Crippen LogP contribution in [-0.4, -0.2) is 19.7 Å². The van der Waals surface area contributed by atoms with Gasteiger partial charge in [0.1, 0.15) is 11.0 Å². The monoisotopic (exact) mass is 238 g/mol. The van der Waals surface area contributed by atoms with E-state index in [-0.39, 0.29) is 17.6 Å². The van der Waals surface area contributed by atoms with Gasteiger partial charge in [-0.05, 0) is 0 Å². The van der Waals surface area contributed by atoms with Crippen molar-refractivity contribution in [2.24, 2.45) is 7.05 Å². The Morgan fingerprint density at radius 3 is 2.46 bits per heavy atom. The third kappa shape index (κ3) is 1.57. The van der Waals surface area contributed by atoms with E-state index >= 15 is 0 Å². The Hall–Kier alpha value is -0.580. The Morgan fingerprint density at radius 2 is 1.85 bits per heavy atom. The SMILES string of the molecule is Cl.Cn1cnc2c(Cl)nnc(Cl)c21. The van der Waals surface area contributed by atoms with Crippen molar-refractivity contribution < 1.29 is 0 Å². The molecule has 0 radical (unpaired) electrons. The van der Waals surface area contributed by atoms with Crippen molar-refractivity contribution in [1.29, 1.82) is 0 Å². The van der Waals surface area contributed by atoms with Crippen LogP contribution in [0.4, 0.5) is 0 Å². The number of hydrogen-bond acceptors (Lipinski definition) is 3. The van der Waals surface area contributed by atoms with Gasteiger partial charge in [-0.1, -0.05) is 23.2 Å². The lowest BCUT2D eigenvalue weighted by Gasteiger charge is -1.95. The van der Waals surface area contributed by atoms with Crippen LogP contribution in [0.25, 0.3) is 11.0 Å². The number of halogens is 3. The Morgan fingerprint density at radius 1 is 1.23 bits per heavy atom. The summed E-state index contributed by atoms with van der Waals surface area (Å²) in [6.45, 7) is 0. The van der Waals surface area contributed by atoms with Gasteiger partial charge in [0.2, 0.25) is 0 Å². The Balaban J connectivity index is 0.000000845. The molecule has 7 heteroatoms. The molecular weight excluding hydrogens is 234 g/mol. The minimum atomic E-state index is 0. The lowest BCUT2D eigenvalue weighted by atomic mass is 10.5. The van der Waals surface area contributed by atoms with Gasteiger partial charge < -0.3 is 4.57 Å². The average molecular weight is 239 g/mol. The maximum absolute atomic E-state index is 5.78. The molecule has 0 N–H and O–H groups in total. The second-order valence-electron chi connectivity index (χ2n) is 2.33. The van der Waals surface area contributed by atoms with E-state index in [1.165, 1.54) is 0 Å². The number of imidazole rings is 1.